The second-order valence-electron chi connectivity index (χ2n) is 5.79. The number of rotatable bonds is 3. The van der Waals surface area contributed by atoms with E-state index in [1.54, 1.807) is 6.07 Å². The van der Waals surface area contributed by atoms with E-state index in [2.05, 4.69) is 23.5 Å². The van der Waals surface area contributed by atoms with Crippen LogP contribution >= 0.6 is 12.4 Å². The van der Waals surface area contributed by atoms with Gasteiger partial charge in [-0.05, 0) is 42.0 Å². The van der Waals surface area contributed by atoms with E-state index in [4.69, 9.17) is 0 Å². The van der Waals surface area contributed by atoms with Gasteiger partial charge in [0.05, 0.1) is 5.56 Å². The summed E-state index contributed by atoms with van der Waals surface area (Å²) in [4.78, 5) is 0. The fourth-order valence-electron chi connectivity index (χ4n) is 2.99. The van der Waals surface area contributed by atoms with Crippen molar-refractivity contribution in [1.29, 1.82) is 0 Å². The van der Waals surface area contributed by atoms with Crippen molar-refractivity contribution in [2.24, 2.45) is 0 Å². The van der Waals surface area contributed by atoms with Crippen molar-refractivity contribution in [3.8, 4) is 0 Å². The lowest BCUT2D eigenvalue weighted by Crippen LogP contribution is -2.34. The first-order valence-electron chi connectivity index (χ1n) is 7.49. The first kappa shape index (κ1) is 17.8. The number of alkyl halides is 3. The third kappa shape index (κ3) is 4.49. The molecule has 0 saturated carbocycles. The zero-order chi connectivity index (χ0) is 15.6. The maximum absolute atomic E-state index is 12.7. The van der Waals surface area contributed by atoms with E-state index >= 15 is 0 Å². The van der Waals surface area contributed by atoms with Gasteiger partial charge in [0.25, 0.3) is 0 Å². The topological polar surface area (TPSA) is 12.0 Å². The van der Waals surface area contributed by atoms with Gasteiger partial charge in [-0.2, -0.15) is 13.2 Å². The van der Waals surface area contributed by atoms with E-state index in [0.717, 1.165) is 25.3 Å². The molecule has 0 aliphatic heterocycles. The summed E-state index contributed by atoms with van der Waals surface area (Å²) in [5, 5.41) is 3.39. The third-order valence-electron chi connectivity index (χ3n) is 4.20. The van der Waals surface area contributed by atoms with Crippen LogP contribution in [0.25, 0.3) is 0 Å². The minimum Gasteiger partial charge on any atom is -0.310 e. The molecule has 0 aromatic heterocycles. The second-order valence-corrected chi connectivity index (χ2v) is 5.79. The van der Waals surface area contributed by atoms with Crippen LogP contribution in [0.4, 0.5) is 13.2 Å². The van der Waals surface area contributed by atoms with Crippen molar-refractivity contribution >= 4 is 12.4 Å². The van der Waals surface area contributed by atoms with Crippen LogP contribution in [0.3, 0.4) is 0 Å². The Kier molecular flexibility index (Phi) is 5.71. The molecule has 0 fully saturated rings. The summed E-state index contributed by atoms with van der Waals surface area (Å²) in [6, 6.07) is 14.2. The molecule has 1 nitrogen and oxygen atoms in total. The van der Waals surface area contributed by atoms with Gasteiger partial charge in [-0.25, -0.2) is 0 Å². The maximum atomic E-state index is 12.7. The number of benzene rings is 2. The number of hydrogen-bond acceptors (Lipinski definition) is 1. The molecule has 1 aliphatic rings. The van der Waals surface area contributed by atoms with E-state index in [-0.39, 0.29) is 12.4 Å². The molecule has 1 aliphatic carbocycles. The van der Waals surface area contributed by atoms with Crippen LogP contribution in [0, 0.1) is 0 Å². The molecule has 0 bridgehead atoms. The monoisotopic (exact) mass is 341 g/mol. The van der Waals surface area contributed by atoms with Gasteiger partial charge in [-0.1, -0.05) is 42.5 Å². The number of halogens is 4. The van der Waals surface area contributed by atoms with Gasteiger partial charge in [-0.3, -0.25) is 0 Å². The molecule has 0 amide bonds. The molecule has 1 N–H and O–H groups in total. The zero-order valence-corrected chi connectivity index (χ0v) is 13.4. The van der Waals surface area contributed by atoms with E-state index < -0.39 is 11.7 Å². The Bertz CT molecular complexity index is 655. The van der Waals surface area contributed by atoms with Crippen molar-refractivity contribution in [3.05, 3.63) is 70.8 Å². The van der Waals surface area contributed by atoms with Gasteiger partial charge in [0.1, 0.15) is 0 Å². The smallest absolute Gasteiger partial charge is 0.310 e. The Morgan fingerprint density at radius 3 is 2.48 bits per heavy atom. The fourth-order valence-corrected chi connectivity index (χ4v) is 2.99. The number of aryl methyl sites for hydroxylation is 1. The SMILES string of the molecule is Cl.FC(F)(F)c1cccc(CNC2CCc3ccccc3C2)c1. The predicted molar refractivity (Wildman–Crippen MR) is 87.8 cm³/mol. The largest absolute Gasteiger partial charge is 0.416 e. The summed E-state index contributed by atoms with van der Waals surface area (Å²) in [5.41, 5.74) is 2.82. The molecular weight excluding hydrogens is 323 g/mol. The van der Waals surface area contributed by atoms with Crippen LogP contribution in [-0.2, 0) is 25.6 Å². The Balaban J connectivity index is 0.00000192. The van der Waals surface area contributed by atoms with Crippen molar-refractivity contribution in [2.45, 2.75) is 38.0 Å². The van der Waals surface area contributed by atoms with Gasteiger partial charge in [0.2, 0.25) is 0 Å². The fraction of sp³-hybridized carbons (Fsp3) is 0.333. The number of fused-ring (bicyclic) bond motifs is 1. The average Bonchev–Trinajstić information content (AvgIpc) is 2.52. The molecule has 2 aromatic rings. The molecule has 0 radical (unpaired) electrons. The molecule has 0 spiro atoms. The highest BCUT2D eigenvalue weighted by atomic mass is 35.5. The molecule has 3 rings (SSSR count). The van der Waals surface area contributed by atoms with E-state index in [1.807, 2.05) is 6.07 Å². The van der Waals surface area contributed by atoms with Crippen molar-refractivity contribution in [3.63, 3.8) is 0 Å². The van der Waals surface area contributed by atoms with Crippen LogP contribution in [0.5, 0.6) is 0 Å². The highest BCUT2D eigenvalue weighted by molar-refractivity contribution is 5.85. The molecule has 2 aromatic carbocycles. The highest BCUT2D eigenvalue weighted by Crippen LogP contribution is 2.29. The lowest BCUT2D eigenvalue weighted by Gasteiger charge is -2.25. The summed E-state index contributed by atoms with van der Waals surface area (Å²) in [7, 11) is 0. The molecular formula is C18H19ClF3N. The molecule has 23 heavy (non-hydrogen) atoms. The van der Waals surface area contributed by atoms with Crippen LogP contribution in [0.1, 0.15) is 28.7 Å². The summed E-state index contributed by atoms with van der Waals surface area (Å²) < 4.78 is 38.1. The lowest BCUT2D eigenvalue weighted by atomic mass is 9.88. The lowest BCUT2D eigenvalue weighted by molar-refractivity contribution is -0.137. The maximum Gasteiger partial charge on any atom is 0.416 e. The minimum atomic E-state index is -4.28. The molecule has 124 valence electrons. The second kappa shape index (κ2) is 7.37. The zero-order valence-electron chi connectivity index (χ0n) is 12.6. The Hall–Kier alpha value is -1.52. The van der Waals surface area contributed by atoms with Crippen LogP contribution < -0.4 is 5.32 Å². The third-order valence-corrected chi connectivity index (χ3v) is 4.20. The van der Waals surface area contributed by atoms with E-state index in [0.29, 0.717) is 18.2 Å². The summed E-state index contributed by atoms with van der Waals surface area (Å²) in [5.74, 6) is 0. The van der Waals surface area contributed by atoms with Gasteiger partial charge < -0.3 is 5.32 Å². The highest BCUT2D eigenvalue weighted by Gasteiger charge is 2.30. The Morgan fingerprint density at radius 1 is 1.00 bits per heavy atom. The Labute approximate surface area is 140 Å². The first-order chi connectivity index (χ1) is 10.5. The van der Waals surface area contributed by atoms with Crippen molar-refractivity contribution in [1.82, 2.24) is 5.32 Å². The quantitative estimate of drug-likeness (QED) is 0.847. The first-order valence-corrected chi connectivity index (χ1v) is 7.49. The van der Waals surface area contributed by atoms with Gasteiger partial charge >= 0.3 is 6.18 Å². The molecule has 0 heterocycles. The molecule has 1 atom stereocenters. The molecule has 0 saturated heterocycles. The normalized spacial score (nSPS) is 17.3. The van der Waals surface area contributed by atoms with Crippen molar-refractivity contribution in [2.75, 3.05) is 0 Å². The van der Waals surface area contributed by atoms with E-state index in [1.165, 1.54) is 23.3 Å². The predicted octanol–water partition coefficient (Wildman–Crippen LogP) is 4.77. The van der Waals surface area contributed by atoms with Gasteiger partial charge in [-0.15, -0.1) is 12.4 Å². The minimum absolute atomic E-state index is 0. The molecule has 5 heteroatoms. The summed E-state index contributed by atoms with van der Waals surface area (Å²) in [6.45, 7) is 0.469. The average molecular weight is 342 g/mol. The Morgan fingerprint density at radius 2 is 1.74 bits per heavy atom. The molecule has 1 unspecified atom stereocenters. The summed E-state index contributed by atoms with van der Waals surface area (Å²) in [6.07, 6.45) is -1.29. The van der Waals surface area contributed by atoms with Crippen LogP contribution in [-0.4, -0.2) is 6.04 Å². The van der Waals surface area contributed by atoms with Crippen LogP contribution in [0.2, 0.25) is 0 Å². The standard InChI is InChI=1S/C18H18F3N.ClH/c19-18(20,21)16-7-3-4-13(10-16)12-22-17-9-8-14-5-1-2-6-15(14)11-17;/h1-7,10,17,22H,8-9,11-12H2;1H. The van der Waals surface area contributed by atoms with Gasteiger partial charge in [0.15, 0.2) is 0 Å². The van der Waals surface area contributed by atoms with Gasteiger partial charge in [0, 0.05) is 12.6 Å². The number of nitrogens with one attached hydrogen (secondary N) is 1. The van der Waals surface area contributed by atoms with Crippen molar-refractivity contribution < 1.29 is 13.2 Å². The van der Waals surface area contributed by atoms with E-state index in [9.17, 15) is 13.2 Å². The van der Waals surface area contributed by atoms with Crippen LogP contribution in [0.15, 0.2) is 48.5 Å². The summed E-state index contributed by atoms with van der Waals surface area (Å²) >= 11 is 0. The number of hydrogen-bond donors (Lipinski definition) is 1.